The molecular formula is C15H11BrF2O2. The van der Waals surface area contributed by atoms with Crippen LogP contribution in [0.15, 0.2) is 34.8 Å². The third kappa shape index (κ3) is 3.04. The minimum absolute atomic E-state index is 0.160. The average Bonchev–Trinajstić information content (AvgIpc) is 2.39. The van der Waals surface area contributed by atoms with Crippen molar-refractivity contribution < 1.29 is 18.3 Å². The maximum absolute atomic E-state index is 13.5. The molecule has 2 nitrogen and oxygen atoms in total. The molecule has 0 saturated carbocycles. The number of aldehydes is 1. The third-order valence-electron chi connectivity index (χ3n) is 2.82. The van der Waals surface area contributed by atoms with Crippen molar-refractivity contribution in [3.63, 3.8) is 0 Å². The van der Waals surface area contributed by atoms with Crippen molar-refractivity contribution in [3.05, 3.63) is 63.1 Å². The van der Waals surface area contributed by atoms with Gasteiger partial charge in [0.1, 0.15) is 24.0 Å². The second-order valence-corrected chi connectivity index (χ2v) is 5.16. The molecule has 2 aromatic rings. The van der Waals surface area contributed by atoms with E-state index in [4.69, 9.17) is 4.74 Å². The van der Waals surface area contributed by atoms with E-state index in [1.54, 1.807) is 19.1 Å². The van der Waals surface area contributed by atoms with E-state index in [-0.39, 0.29) is 12.2 Å². The van der Waals surface area contributed by atoms with E-state index in [0.29, 0.717) is 23.2 Å². The summed E-state index contributed by atoms with van der Waals surface area (Å²) in [7, 11) is 0. The number of halogens is 3. The summed E-state index contributed by atoms with van der Waals surface area (Å²) in [6, 6.07) is 6.97. The van der Waals surface area contributed by atoms with E-state index in [0.717, 1.165) is 16.6 Å². The van der Waals surface area contributed by atoms with Crippen LogP contribution in [-0.2, 0) is 6.61 Å². The monoisotopic (exact) mass is 340 g/mol. The highest BCUT2D eigenvalue weighted by molar-refractivity contribution is 9.10. The van der Waals surface area contributed by atoms with E-state index in [1.165, 1.54) is 6.07 Å². The molecule has 0 aliphatic heterocycles. The molecule has 0 saturated heterocycles. The van der Waals surface area contributed by atoms with Crippen LogP contribution < -0.4 is 4.74 Å². The predicted octanol–water partition coefficient (Wildman–Crippen LogP) is 4.43. The summed E-state index contributed by atoms with van der Waals surface area (Å²) in [5.74, 6) is -1.02. The Morgan fingerprint density at radius 3 is 2.50 bits per heavy atom. The Bertz CT molecular complexity index is 636. The smallest absolute Gasteiger partial charge is 0.153 e. The maximum Gasteiger partial charge on any atom is 0.153 e. The van der Waals surface area contributed by atoms with E-state index in [1.807, 2.05) is 0 Å². The van der Waals surface area contributed by atoms with Crippen molar-refractivity contribution in [2.45, 2.75) is 13.5 Å². The molecule has 0 N–H and O–H groups in total. The van der Waals surface area contributed by atoms with Crippen molar-refractivity contribution in [2.75, 3.05) is 0 Å². The van der Waals surface area contributed by atoms with Gasteiger partial charge in [0.05, 0.1) is 11.1 Å². The highest BCUT2D eigenvalue weighted by atomic mass is 79.9. The fourth-order valence-corrected chi connectivity index (χ4v) is 2.45. The first-order chi connectivity index (χ1) is 9.52. The minimum atomic E-state index is -0.674. The molecule has 0 radical (unpaired) electrons. The van der Waals surface area contributed by atoms with Crippen LogP contribution in [-0.4, -0.2) is 6.29 Å². The minimum Gasteiger partial charge on any atom is -0.488 e. The Morgan fingerprint density at radius 1 is 1.25 bits per heavy atom. The van der Waals surface area contributed by atoms with Gasteiger partial charge in [0.2, 0.25) is 0 Å². The van der Waals surface area contributed by atoms with Crippen molar-refractivity contribution >= 4 is 22.2 Å². The molecular weight excluding hydrogens is 330 g/mol. The van der Waals surface area contributed by atoms with Crippen LogP contribution in [0, 0.1) is 18.6 Å². The Kier molecular flexibility index (Phi) is 4.49. The first-order valence-corrected chi connectivity index (χ1v) is 6.63. The van der Waals surface area contributed by atoms with Gasteiger partial charge in [-0.25, -0.2) is 8.78 Å². The number of hydrogen-bond acceptors (Lipinski definition) is 2. The molecule has 2 rings (SSSR count). The maximum atomic E-state index is 13.5. The van der Waals surface area contributed by atoms with Gasteiger partial charge in [-0.05, 0) is 36.8 Å². The molecule has 0 spiro atoms. The van der Waals surface area contributed by atoms with Crippen LogP contribution >= 0.6 is 15.9 Å². The van der Waals surface area contributed by atoms with Crippen LogP contribution in [0.4, 0.5) is 8.78 Å². The summed E-state index contributed by atoms with van der Waals surface area (Å²) in [4.78, 5) is 11.0. The lowest BCUT2D eigenvalue weighted by molar-refractivity contribution is 0.111. The predicted molar refractivity (Wildman–Crippen MR) is 75.0 cm³/mol. The van der Waals surface area contributed by atoms with Crippen molar-refractivity contribution in [1.29, 1.82) is 0 Å². The number of ether oxygens (including phenoxy) is 1. The lowest BCUT2D eigenvalue weighted by Crippen LogP contribution is -2.04. The van der Waals surface area contributed by atoms with Crippen molar-refractivity contribution in [2.24, 2.45) is 0 Å². The van der Waals surface area contributed by atoms with E-state index >= 15 is 0 Å². The van der Waals surface area contributed by atoms with Gasteiger partial charge in [0, 0.05) is 4.47 Å². The van der Waals surface area contributed by atoms with Gasteiger partial charge in [-0.3, -0.25) is 4.79 Å². The van der Waals surface area contributed by atoms with Gasteiger partial charge in [0.15, 0.2) is 6.29 Å². The molecule has 0 aromatic heterocycles. The highest BCUT2D eigenvalue weighted by Gasteiger charge is 2.13. The lowest BCUT2D eigenvalue weighted by atomic mass is 10.1. The third-order valence-corrected chi connectivity index (χ3v) is 3.28. The summed E-state index contributed by atoms with van der Waals surface area (Å²) >= 11 is 3.27. The molecule has 0 amide bonds. The Balaban J connectivity index is 2.30. The van der Waals surface area contributed by atoms with Crippen LogP contribution in [0.1, 0.15) is 21.5 Å². The van der Waals surface area contributed by atoms with Crippen LogP contribution in [0.2, 0.25) is 0 Å². The molecule has 0 aliphatic carbocycles. The zero-order chi connectivity index (χ0) is 14.7. The SMILES string of the molecule is Cc1cc(Br)cc(C=O)c1OCc1c(F)cccc1F. The first kappa shape index (κ1) is 14.7. The number of carbonyl (C=O) groups excluding carboxylic acids is 1. The molecule has 5 heteroatoms. The summed E-state index contributed by atoms with van der Waals surface area (Å²) in [5.41, 5.74) is 0.874. The molecule has 0 unspecified atom stereocenters. The Labute approximate surface area is 123 Å². The molecule has 2 aromatic carbocycles. The van der Waals surface area contributed by atoms with Gasteiger partial charge >= 0.3 is 0 Å². The van der Waals surface area contributed by atoms with Gasteiger partial charge < -0.3 is 4.74 Å². The number of hydrogen-bond donors (Lipinski definition) is 0. The second kappa shape index (κ2) is 6.13. The molecule has 0 aliphatic rings. The van der Waals surface area contributed by atoms with Gasteiger partial charge in [-0.1, -0.05) is 22.0 Å². The zero-order valence-corrected chi connectivity index (χ0v) is 12.2. The van der Waals surface area contributed by atoms with Crippen LogP contribution in [0.5, 0.6) is 5.75 Å². The largest absolute Gasteiger partial charge is 0.488 e. The van der Waals surface area contributed by atoms with Crippen molar-refractivity contribution in [1.82, 2.24) is 0 Å². The summed E-state index contributed by atoms with van der Waals surface area (Å²) in [6.07, 6.45) is 0.644. The highest BCUT2D eigenvalue weighted by Crippen LogP contribution is 2.28. The Hall–Kier alpha value is -1.75. The van der Waals surface area contributed by atoms with Gasteiger partial charge in [0.25, 0.3) is 0 Å². The second-order valence-electron chi connectivity index (χ2n) is 4.25. The molecule has 0 fully saturated rings. The molecule has 20 heavy (non-hydrogen) atoms. The van der Waals surface area contributed by atoms with E-state index in [9.17, 15) is 13.6 Å². The molecule has 0 atom stereocenters. The number of carbonyl (C=O) groups is 1. The van der Waals surface area contributed by atoms with Gasteiger partial charge in [-0.2, -0.15) is 0 Å². The average molecular weight is 341 g/mol. The fraction of sp³-hybridized carbons (Fsp3) is 0.133. The lowest BCUT2D eigenvalue weighted by Gasteiger charge is -2.13. The van der Waals surface area contributed by atoms with Gasteiger partial charge in [-0.15, -0.1) is 0 Å². The number of aryl methyl sites for hydroxylation is 1. The van der Waals surface area contributed by atoms with E-state index in [2.05, 4.69) is 15.9 Å². The van der Waals surface area contributed by atoms with Crippen LogP contribution in [0.3, 0.4) is 0 Å². The summed E-state index contributed by atoms with van der Waals surface area (Å²) in [5, 5.41) is 0. The summed E-state index contributed by atoms with van der Waals surface area (Å²) in [6.45, 7) is 1.48. The number of benzene rings is 2. The number of rotatable bonds is 4. The standard InChI is InChI=1S/C15H11BrF2O2/c1-9-5-11(16)6-10(7-19)15(9)20-8-12-13(17)3-2-4-14(12)18/h2-7H,8H2,1H3. The fourth-order valence-electron chi connectivity index (χ4n) is 1.86. The topological polar surface area (TPSA) is 26.3 Å². The van der Waals surface area contributed by atoms with Crippen LogP contribution in [0.25, 0.3) is 0 Å². The molecule has 0 bridgehead atoms. The first-order valence-electron chi connectivity index (χ1n) is 5.84. The molecule has 0 heterocycles. The van der Waals surface area contributed by atoms with Crippen molar-refractivity contribution in [3.8, 4) is 5.75 Å². The normalized spacial score (nSPS) is 10.4. The quantitative estimate of drug-likeness (QED) is 0.769. The molecule has 104 valence electrons. The summed E-state index contributed by atoms with van der Waals surface area (Å²) < 4.78 is 33.2. The Morgan fingerprint density at radius 2 is 1.90 bits per heavy atom. The zero-order valence-electron chi connectivity index (χ0n) is 10.6. The van der Waals surface area contributed by atoms with E-state index < -0.39 is 11.6 Å².